The molecule has 0 unspecified atom stereocenters. The first-order valence-corrected chi connectivity index (χ1v) is 10.9. The number of benzene rings is 2. The number of methoxy groups -OCH3 is 1. The van der Waals surface area contributed by atoms with Crippen molar-refractivity contribution in [2.75, 3.05) is 65.1 Å². The lowest BCUT2D eigenvalue weighted by atomic mass is 10.2. The molecule has 0 spiro atoms. The number of ether oxygens (including phenoxy) is 4. The van der Waals surface area contributed by atoms with Crippen LogP contribution in [0.2, 0.25) is 0 Å². The van der Waals surface area contributed by atoms with Crippen molar-refractivity contribution in [2.45, 2.75) is 6.54 Å². The molecule has 1 aromatic heterocycles. The Labute approximate surface area is 188 Å². The van der Waals surface area contributed by atoms with E-state index in [4.69, 9.17) is 18.9 Å². The lowest BCUT2D eigenvalue weighted by Crippen LogP contribution is -2.38. The zero-order valence-corrected chi connectivity index (χ0v) is 18.5. The van der Waals surface area contributed by atoms with Crippen molar-refractivity contribution < 1.29 is 18.9 Å². The van der Waals surface area contributed by atoms with E-state index in [1.807, 2.05) is 30.3 Å². The van der Waals surface area contributed by atoms with Gasteiger partial charge in [0.2, 0.25) is 0 Å². The molecule has 3 aromatic rings. The monoisotopic (exact) mass is 438 g/mol. The summed E-state index contributed by atoms with van der Waals surface area (Å²) in [4.78, 5) is 11.2. The van der Waals surface area contributed by atoms with Gasteiger partial charge in [-0.1, -0.05) is 30.3 Å². The average molecular weight is 439 g/mol. The van der Waals surface area contributed by atoms with Crippen molar-refractivity contribution in [1.82, 2.24) is 14.9 Å². The molecule has 1 fully saturated rings. The molecule has 2 heterocycles. The van der Waals surface area contributed by atoms with E-state index in [9.17, 15) is 0 Å². The number of hydrogen-bond acceptors (Lipinski definition) is 8. The number of rotatable bonds is 11. The van der Waals surface area contributed by atoms with Crippen LogP contribution in [-0.4, -0.2) is 74.6 Å². The maximum Gasteiger partial charge on any atom is 0.163 e. The zero-order chi connectivity index (χ0) is 22.0. The van der Waals surface area contributed by atoms with Crippen LogP contribution in [0.5, 0.6) is 11.5 Å². The molecule has 1 aliphatic heterocycles. The summed E-state index contributed by atoms with van der Waals surface area (Å²) in [5.41, 5.74) is 1.98. The van der Waals surface area contributed by atoms with E-state index in [2.05, 4.69) is 32.3 Å². The Bertz CT molecular complexity index is 980. The molecule has 1 aliphatic rings. The van der Waals surface area contributed by atoms with Gasteiger partial charge in [-0.25, -0.2) is 9.97 Å². The van der Waals surface area contributed by atoms with Crippen LogP contribution in [0.25, 0.3) is 10.9 Å². The van der Waals surface area contributed by atoms with Gasteiger partial charge in [0.05, 0.1) is 25.3 Å². The third-order valence-corrected chi connectivity index (χ3v) is 5.32. The third-order valence-electron chi connectivity index (χ3n) is 5.32. The number of fused-ring (bicyclic) bond motifs is 1. The highest BCUT2D eigenvalue weighted by Gasteiger charge is 2.14. The first-order valence-electron chi connectivity index (χ1n) is 10.9. The summed E-state index contributed by atoms with van der Waals surface area (Å²) in [6.45, 7) is 6.41. The van der Waals surface area contributed by atoms with E-state index >= 15 is 0 Å². The van der Waals surface area contributed by atoms with Gasteiger partial charge in [0.25, 0.3) is 0 Å². The van der Waals surface area contributed by atoms with Gasteiger partial charge in [-0.3, -0.25) is 4.90 Å². The van der Waals surface area contributed by atoms with Gasteiger partial charge in [0.15, 0.2) is 11.5 Å². The summed E-state index contributed by atoms with van der Waals surface area (Å²) >= 11 is 0. The molecule has 2 aromatic carbocycles. The fourth-order valence-electron chi connectivity index (χ4n) is 3.56. The minimum Gasteiger partial charge on any atom is -0.488 e. The number of morpholine rings is 1. The highest BCUT2D eigenvalue weighted by Crippen LogP contribution is 2.34. The molecule has 8 heteroatoms. The summed E-state index contributed by atoms with van der Waals surface area (Å²) in [6.07, 6.45) is 1.56. The van der Waals surface area contributed by atoms with E-state index in [0.29, 0.717) is 37.9 Å². The molecule has 0 bridgehead atoms. The molecule has 8 nitrogen and oxygen atoms in total. The lowest BCUT2D eigenvalue weighted by molar-refractivity contribution is 0.0320. The van der Waals surface area contributed by atoms with Crippen LogP contribution >= 0.6 is 0 Å². The number of nitrogens with one attached hydrogen (secondary N) is 1. The maximum atomic E-state index is 6.16. The molecule has 0 atom stereocenters. The Morgan fingerprint density at radius 1 is 0.969 bits per heavy atom. The van der Waals surface area contributed by atoms with Crippen LogP contribution in [0.15, 0.2) is 48.8 Å². The third kappa shape index (κ3) is 6.06. The van der Waals surface area contributed by atoms with Gasteiger partial charge in [-0.2, -0.15) is 0 Å². The Kier molecular flexibility index (Phi) is 8.08. The predicted molar refractivity (Wildman–Crippen MR) is 123 cm³/mol. The number of nitrogens with zero attached hydrogens (tertiary/aromatic N) is 3. The van der Waals surface area contributed by atoms with Gasteiger partial charge in [0.1, 0.15) is 25.4 Å². The van der Waals surface area contributed by atoms with Crippen molar-refractivity contribution in [3.63, 3.8) is 0 Å². The Balaban J connectivity index is 1.52. The molecule has 170 valence electrons. The van der Waals surface area contributed by atoms with Crippen LogP contribution in [0.3, 0.4) is 0 Å². The highest BCUT2D eigenvalue weighted by molar-refractivity contribution is 5.91. The maximum absolute atomic E-state index is 6.16. The SMILES string of the molecule is COCCOc1cc2ncnc(NCc3ccccc3)c2cc1OCCN1CCOCC1. The van der Waals surface area contributed by atoms with Gasteiger partial charge < -0.3 is 24.3 Å². The second kappa shape index (κ2) is 11.6. The summed E-state index contributed by atoms with van der Waals surface area (Å²) in [5.74, 6) is 2.10. The number of hydrogen-bond donors (Lipinski definition) is 1. The van der Waals surface area contributed by atoms with Crippen molar-refractivity contribution in [1.29, 1.82) is 0 Å². The number of anilines is 1. The summed E-state index contributed by atoms with van der Waals surface area (Å²) < 4.78 is 22.6. The van der Waals surface area contributed by atoms with E-state index in [0.717, 1.165) is 49.6 Å². The predicted octanol–water partition coefficient (Wildman–Crippen LogP) is 2.98. The van der Waals surface area contributed by atoms with Crippen molar-refractivity contribution >= 4 is 16.7 Å². The Morgan fingerprint density at radius 3 is 2.56 bits per heavy atom. The highest BCUT2D eigenvalue weighted by atomic mass is 16.5. The number of aromatic nitrogens is 2. The molecule has 0 radical (unpaired) electrons. The fraction of sp³-hybridized carbons (Fsp3) is 0.417. The van der Waals surface area contributed by atoms with Gasteiger partial charge in [-0.15, -0.1) is 0 Å². The molecule has 1 N–H and O–H groups in total. The van der Waals surface area contributed by atoms with E-state index in [1.165, 1.54) is 5.56 Å². The first kappa shape index (κ1) is 22.3. The van der Waals surface area contributed by atoms with E-state index < -0.39 is 0 Å². The molecule has 0 saturated carbocycles. The van der Waals surface area contributed by atoms with Gasteiger partial charge >= 0.3 is 0 Å². The average Bonchev–Trinajstić information content (AvgIpc) is 2.84. The minimum absolute atomic E-state index is 0.437. The van der Waals surface area contributed by atoms with Crippen molar-refractivity contribution in [3.05, 3.63) is 54.4 Å². The Morgan fingerprint density at radius 2 is 1.75 bits per heavy atom. The smallest absolute Gasteiger partial charge is 0.163 e. The summed E-state index contributed by atoms with van der Waals surface area (Å²) in [5, 5.41) is 4.31. The standard InChI is InChI=1S/C24H30N4O4/c1-29-13-14-32-23-16-21-20(15-22(23)31-12-9-28-7-10-30-11-8-28)24(27-18-26-21)25-17-19-5-3-2-4-6-19/h2-6,15-16,18H,7-14,17H2,1H3,(H,25,26,27). The second-order valence-electron chi connectivity index (χ2n) is 7.52. The molecule has 1 saturated heterocycles. The topological polar surface area (TPSA) is 78.0 Å². The fourth-order valence-corrected chi connectivity index (χ4v) is 3.56. The van der Waals surface area contributed by atoms with Crippen LogP contribution < -0.4 is 14.8 Å². The second-order valence-corrected chi connectivity index (χ2v) is 7.52. The minimum atomic E-state index is 0.437. The van der Waals surface area contributed by atoms with Crippen molar-refractivity contribution in [2.24, 2.45) is 0 Å². The van der Waals surface area contributed by atoms with Crippen molar-refractivity contribution in [3.8, 4) is 11.5 Å². The zero-order valence-electron chi connectivity index (χ0n) is 18.5. The van der Waals surface area contributed by atoms with Crippen LogP contribution in [0.1, 0.15) is 5.56 Å². The van der Waals surface area contributed by atoms with Gasteiger partial charge in [0, 0.05) is 44.7 Å². The first-order chi connectivity index (χ1) is 15.8. The summed E-state index contributed by atoms with van der Waals surface area (Å²) in [7, 11) is 1.65. The molecular formula is C24H30N4O4. The molecule has 0 aliphatic carbocycles. The van der Waals surface area contributed by atoms with Crippen LogP contribution in [0.4, 0.5) is 5.82 Å². The lowest BCUT2D eigenvalue weighted by Gasteiger charge is -2.26. The largest absolute Gasteiger partial charge is 0.488 e. The Hall–Kier alpha value is -2.94. The van der Waals surface area contributed by atoms with E-state index in [1.54, 1.807) is 13.4 Å². The van der Waals surface area contributed by atoms with Gasteiger partial charge in [-0.05, 0) is 11.6 Å². The molecular weight excluding hydrogens is 408 g/mol. The molecule has 32 heavy (non-hydrogen) atoms. The summed E-state index contributed by atoms with van der Waals surface area (Å²) in [6, 6.07) is 14.1. The van der Waals surface area contributed by atoms with Crippen LogP contribution in [-0.2, 0) is 16.0 Å². The molecule has 0 amide bonds. The normalized spacial score (nSPS) is 14.4. The van der Waals surface area contributed by atoms with Crippen LogP contribution in [0, 0.1) is 0 Å². The quantitative estimate of drug-likeness (QED) is 0.458. The molecule has 4 rings (SSSR count). The van der Waals surface area contributed by atoms with E-state index in [-0.39, 0.29) is 0 Å².